The average Bonchev–Trinajstić information content (AvgIpc) is 2.48. The number of anilines is 1. The van der Waals surface area contributed by atoms with Crippen LogP contribution < -0.4 is 19.5 Å². The van der Waals surface area contributed by atoms with Gasteiger partial charge in [-0.2, -0.15) is 9.97 Å². The highest BCUT2D eigenvalue weighted by Gasteiger charge is 2.12. The quantitative estimate of drug-likeness (QED) is 0.920. The first kappa shape index (κ1) is 13.6. The molecule has 1 N–H and O–H groups in total. The number of rotatable bonds is 4. The molecule has 0 spiro atoms. The molecule has 1 aromatic carbocycles. The van der Waals surface area contributed by atoms with E-state index in [-0.39, 0.29) is 11.9 Å². The minimum atomic E-state index is -0.691. The zero-order chi connectivity index (χ0) is 14.4. The van der Waals surface area contributed by atoms with E-state index in [1.165, 1.54) is 20.4 Å². The Kier molecular flexibility index (Phi) is 4.33. The van der Waals surface area contributed by atoms with Gasteiger partial charge in [0.1, 0.15) is 0 Å². The standard InChI is InChI=1S/C13H13N3O4/c1-18-10-8-14-12(16-11(10)19-2)20-13(17)15-9-6-4-3-5-7-9/h3-8H,1-2H3,(H,15,17). The Morgan fingerprint density at radius 3 is 2.55 bits per heavy atom. The summed E-state index contributed by atoms with van der Waals surface area (Å²) < 4.78 is 14.9. The highest BCUT2D eigenvalue weighted by Crippen LogP contribution is 2.24. The van der Waals surface area contributed by atoms with Crippen LogP contribution in [0.5, 0.6) is 17.6 Å². The minimum absolute atomic E-state index is 0.129. The average molecular weight is 275 g/mol. The van der Waals surface area contributed by atoms with Gasteiger partial charge in [-0.25, -0.2) is 4.79 Å². The molecule has 0 atom stereocenters. The number of hydrogen-bond acceptors (Lipinski definition) is 6. The number of aromatic nitrogens is 2. The predicted molar refractivity (Wildman–Crippen MR) is 71.2 cm³/mol. The summed E-state index contributed by atoms with van der Waals surface area (Å²) in [6, 6.07) is 8.77. The van der Waals surface area contributed by atoms with Gasteiger partial charge < -0.3 is 14.2 Å². The van der Waals surface area contributed by atoms with Crippen LogP contribution >= 0.6 is 0 Å². The number of nitrogens with zero attached hydrogens (tertiary/aromatic N) is 2. The number of nitrogens with one attached hydrogen (secondary N) is 1. The van der Waals surface area contributed by atoms with Gasteiger partial charge in [-0.15, -0.1) is 0 Å². The molecule has 2 rings (SSSR count). The third kappa shape index (κ3) is 3.35. The van der Waals surface area contributed by atoms with Crippen molar-refractivity contribution in [2.45, 2.75) is 0 Å². The smallest absolute Gasteiger partial charge is 0.419 e. The summed E-state index contributed by atoms with van der Waals surface area (Å²) in [5, 5.41) is 2.54. The summed E-state index contributed by atoms with van der Waals surface area (Å²) in [5.41, 5.74) is 0.609. The molecule has 104 valence electrons. The van der Waals surface area contributed by atoms with Crippen LogP contribution in [0.25, 0.3) is 0 Å². The number of para-hydroxylation sites is 1. The van der Waals surface area contributed by atoms with Crippen LogP contribution in [-0.4, -0.2) is 30.3 Å². The lowest BCUT2D eigenvalue weighted by atomic mass is 10.3. The van der Waals surface area contributed by atoms with Crippen LogP contribution in [0.3, 0.4) is 0 Å². The Balaban J connectivity index is 2.04. The molecule has 0 saturated carbocycles. The molecule has 0 saturated heterocycles. The van der Waals surface area contributed by atoms with Gasteiger partial charge in [-0.05, 0) is 12.1 Å². The van der Waals surface area contributed by atoms with Gasteiger partial charge in [0, 0.05) is 5.69 Å². The molecule has 7 nitrogen and oxygen atoms in total. The fourth-order valence-electron chi connectivity index (χ4n) is 1.42. The Bertz CT molecular complexity index is 589. The number of hydrogen-bond donors (Lipinski definition) is 1. The Morgan fingerprint density at radius 2 is 1.90 bits per heavy atom. The molecular formula is C13H13N3O4. The summed E-state index contributed by atoms with van der Waals surface area (Å²) in [4.78, 5) is 19.4. The molecule has 1 heterocycles. The highest BCUT2D eigenvalue weighted by molar-refractivity contribution is 5.85. The van der Waals surface area contributed by atoms with Crippen LogP contribution in [-0.2, 0) is 0 Å². The van der Waals surface area contributed by atoms with Gasteiger partial charge in [0.25, 0.3) is 5.88 Å². The molecule has 1 aromatic heterocycles. The van der Waals surface area contributed by atoms with Crippen molar-refractivity contribution in [2.24, 2.45) is 0 Å². The van der Waals surface area contributed by atoms with E-state index in [9.17, 15) is 4.79 Å². The molecule has 2 aromatic rings. The summed E-state index contributed by atoms with van der Waals surface area (Å²) in [6.07, 6.45) is 0.667. The number of methoxy groups -OCH3 is 2. The predicted octanol–water partition coefficient (Wildman–Crippen LogP) is 2.10. The molecule has 0 aliphatic rings. The van der Waals surface area contributed by atoms with E-state index in [2.05, 4.69) is 15.3 Å². The number of carbonyl (C=O) groups excluding carboxylic acids is 1. The molecule has 0 fully saturated rings. The van der Waals surface area contributed by atoms with E-state index in [0.717, 1.165) is 0 Å². The summed E-state index contributed by atoms with van der Waals surface area (Å²) in [5.74, 6) is 0.535. The van der Waals surface area contributed by atoms with Crippen molar-refractivity contribution >= 4 is 11.8 Å². The van der Waals surface area contributed by atoms with E-state index in [1.807, 2.05) is 6.07 Å². The van der Waals surface area contributed by atoms with Gasteiger partial charge >= 0.3 is 12.1 Å². The minimum Gasteiger partial charge on any atom is -0.490 e. The van der Waals surface area contributed by atoms with E-state index >= 15 is 0 Å². The van der Waals surface area contributed by atoms with Gasteiger partial charge in [0.2, 0.25) is 0 Å². The van der Waals surface area contributed by atoms with Crippen molar-refractivity contribution < 1.29 is 19.0 Å². The van der Waals surface area contributed by atoms with E-state index in [1.54, 1.807) is 24.3 Å². The second-order valence-corrected chi connectivity index (χ2v) is 3.61. The molecule has 20 heavy (non-hydrogen) atoms. The number of ether oxygens (including phenoxy) is 3. The summed E-state index contributed by atoms with van der Waals surface area (Å²) >= 11 is 0. The molecule has 0 bridgehead atoms. The maximum absolute atomic E-state index is 11.7. The zero-order valence-corrected chi connectivity index (χ0v) is 11.0. The van der Waals surface area contributed by atoms with Crippen LogP contribution in [0.4, 0.5) is 10.5 Å². The molecule has 0 unspecified atom stereocenters. The lowest BCUT2D eigenvalue weighted by Gasteiger charge is -2.08. The third-order valence-electron chi connectivity index (χ3n) is 2.32. The molecule has 0 radical (unpaired) electrons. The maximum Gasteiger partial charge on any atom is 0.419 e. The Labute approximate surface area is 115 Å². The van der Waals surface area contributed by atoms with Gasteiger partial charge in [0.05, 0.1) is 20.4 Å². The SMILES string of the molecule is COc1cnc(OC(=O)Nc2ccccc2)nc1OC. The van der Waals surface area contributed by atoms with Gasteiger partial charge in [-0.3, -0.25) is 5.32 Å². The Hall–Kier alpha value is -2.83. The first-order chi connectivity index (χ1) is 9.72. The molecule has 1 amide bonds. The second kappa shape index (κ2) is 6.37. The van der Waals surface area contributed by atoms with Crippen LogP contribution in [0.15, 0.2) is 36.5 Å². The summed E-state index contributed by atoms with van der Waals surface area (Å²) in [7, 11) is 2.89. The largest absolute Gasteiger partial charge is 0.490 e. The molecule has 7 heteroatoms. The maximum atomic E-state index is 11.7. The van der Waals surface area contributed by atoms with Crippen molar-refractivity contribution in [1.29, 1.82) is 0 Å². The zero-order valence-electron chi connectivity index (χ0n) is 11.0. The third-order valence-corrected chi connectivity index (χ3v) is 2.32. The number of amides is 1. The van der Waals surface area contributed by atoms with Crippen LogP contribution in [0, 0.1) is 0 Å². The molecule has 0 aliphatic carbocycles. The van der Waals surface area contributed by atoms with Crippen molar-refractivity contribution in [2.75, 3.05) is 19.5 Å². The monoisotopic (exact) mass is 275 g/mol. The highest BCUT2D eigenvalue weighted by atomic mass is 16.6. The van der Waals surface area contributed by atoms with E-state index in [4.69, 9.17) is 14.2 Å². The fraction of sp³-hybridized carbons (Fsp3) is 0.154. The van der Waals surface area contributed by atoms with Crippen LogP contribution in [0.2, 0.25) is 0 Å². The first-order valence-corrected chi connectivity index (χ1v) is 5.72. The van der Waals surface area contributed by atoms with Crippen LogP contribution in [0.1, 0.15) is 0 Å². The second-order valence-electron chi connectivity index (χ2n) is 3.61. The normalized spacial score (nSPS) is 9.70. The lowest BCUT2D eigenvalue weighted by Crippen LogP contribution is -2.18. The van der Waals surface area contributed by atoms with Crippen molar-refractivity contribution in [3.63, 3.8) is 0 Å². The van der Waals surface area contributed by atoms with Crippen molar-refractivity contribution in [3.05, 3.63) is 36.5 Å². The molecular weight excluding hydrogens is 262 g/mol. The van der Waals surface area contributed by atoms with Crippen molar-refractivity contribution in [3.8, 4) is 17.6 Å². The fourth-order valence-corrected chi connectivity index (χ4v) is 1.42. The first-order valence-electron chi connectivity index (χ1n) is 5.72. The van der Waals surface area contributed by atoms with Gasteiger partial charge in [0.15, 0.2) is 5.75 Å². The lowest BCUT2D eigenvalue weighted by molar-refractivity contribution is 0.210. The number of benzene rings is 1. The summed E-state index contributed by atoms with van der Waals surface area (Å²) in [6.45, 7) is 0. The van der Waals surface area contributed by atoms with E-state index in [0.29, 0.717) is 11.4 Å². The van der Waals surface area contributed by atoms with E-state index < -0.39 is 6.09 Å². The topological polar surface area (TPSA) is 82.6 Å². The van der Waals surface area contributed by atoms with Crippen molar-refractivity contribution in [1.82, 2.24) is 9.97 Å². The van der Waals surface area contributed by atoms with Gasteiger partial charge in [-0.1, -0.05) is 18.2 Å². The molecule has 0 aliphatic heterocycles. The Morgan fingerprint density at radius 1 is 1.15 bits per heavy atom. The number of carbonyl (C=O) groups is 1.